The van der Waals surface area contributed by atoms with E-state index in [1.807, 2.05) is 12.1 Å². The Morgan fingerprint density at radius 1 is 0.920 bits per heavy atom. The summed E-state index contributed by atoms with van der Waals surface area (Å²) in [7, 11) is 0. The van der Waals surface area contributed by atoms with Crippen LogP contribution in [-0.4, -0.2) is 23.0 Å². The first-order valence-corrected chi connectivity index (χ1v) is 7.59. The number of carboxylic acid groups (broad SMARTS) is 1. The second kappa shape index (κ2) is 6.96. The number of fused-ring (bicyclic) bond motifs is 2. The number of hydrogen-bond acceptors (Lipinski definition) is 5. The molecule has 1 fully saturated rings. The number of carbonyl (C=O) groups excluding carboxylic acids is 3. The van der Waals surface area contributed by atoms with E-state index in [1.54, 1.807) is 0 Å². The SMILES string of the molecule is O=C([O-])ON1C(=O)CCC1=O.c1ccc2[nH+]c3ccccc3cc2c1. The third kappa shape index (κ3) is 3.72. The maximum Gasteiger partial charge on any atom is 0.273 e. The molecule has 1 saturated heterocycles. The Labute approximate surface area is 142 Å². The van der Waals surface area contributed by atoms with Crippen molar-refractivity contribution in [3.8, 4) is 0 Å². The first-order valence-electron chi connectivity index (χ1n) is 7.59. The number of para-hydroxylation sites is 2. The van der Waals surface area contributed by atoms with Gasteiger partial charge in [0.1, 0.15) is 0 Å². The van der Waals surface area contributed by atoms with Crippen molar-refractivity contribution in [2.24, 2.45) is 0 Å². The van der Waals surface area contributed by atoms with E-state index in [0.717, 1.165) is 0 Å². The Morgan fingerprint density at radius 3 is 1.88 bits per heavy atom. The van der Waals surface area contributed by atoms with Gasteiger partial charge in [-0.2, -0.15) is 5.06 Å². The predicted octanol–water partition coefficient (Wildman–Crippen LogP) is 1.22. The van der Waals surface area contributed by atoms with Gasteiger partial charge in [-0.15, -0.1) is 0 Å². The standard InChI is InChI=1S/C13H9N.C5H5NO5/c1-3-7-12-10(5-1)9-11-6-2-4-8-13(11)14-12;7-3-1-2-4(8)6(3)11-5(9)10/h1-9H;1-2H2,(H,9,10). The van der Waals surface area contributed by atoms with Crippen LogP contribution in [0.5, 0.6) is 0 Å². The highest BCUT2D eigenvalue weighted by atomic mass is 16.8. The Hall–Kier alpha value is -3.48. The number of nitrogens with one attached hydrogen (secondary N) is 1. The van der Waals surface area contributed by atoms with E-state index in [-0.39, 0.29) is 17.9 Å². The molecule has 0 aliphatic carbocycles. The lowest BCUT2D eigenvalue weighted by atomic mass is 10.1. The largest absolute Gasteiger partial charge is 0.430 e. The van der Waals surface area contributed by atoms with E-state index in [1.165, 1.54) is 21.8 Å². The lowest BCUT2D eigenvalue weighted by molar-refractivity contribution is -0.310. The summed E-state index contributed by atoms with van der Waals surface area (Å²) >= 11 is 0. The van der Waals surface area contributed by atoms with Crippen LogP contribution in [0.4, 0.5) is 4.79 Å². The second-order valence-electron chi connectivity index (χ2n) is 5.37. The Morgan fingerprint density at radius 2 is 1.40 bits per heavy atom. The van der Waals surface area contributed by atoms with Crippen molar-refractivity contribution < 1.29 is 29.3 Å². The van der Waals surface area contributed by atoms with Gasteiger partial charge in [0, 0.05) is 35.7 Å². The fraction of sp³-hybridized carbons (Fsp3) is 0.111. The first kappa shape index (κ1) is 16.4. The molecule has 1 aliphatic rings. The molecule has 1 aromatic heterocycles. The molecule has 0 radical (unpaired) electrons. The van der Waals surface area contributed by atoms with Gasteiger partial charge in [-0.25, -0.2) is 4.98 Å². The molecule has 7 nitrogen and oxygen atoms in total. The summed E-state index contributed by atoms with van der Waals surface area (Å²) in [5.41, 5.74) is 2.37. The third-order valence-electron chi connectivity index (χ3n) is 3.67. The van der Waals surface area contributed by atoms with Gasteiger partial charge in [0.25, 0.3) is 6.16 Å². The molecule has 0 bridgehead atoms. The number of amides is 2. The summed E-state index contributed by atoms with van der Waals surface area (Å²) in [5.74, 6) is -1.31. The Balaban J connectivity index is 0.000000151. The Kier molecular flexibility index (Phi) is 4.56. The van der Waals surface area contributed by atoms with Crippen LogP contribution >= 0.6 is 0 Å². The zero-order chi connectivity index (χ0) is 17.8. The molecule has 4 rings (SSSR count). The summed E-state index contributed by atoms with van der Waals surface area (Å²) < 4.78 is 0. The van der Waals surface area contributed by atoms with Gasteiger partial charge in [0.2, 0.25) is 22.8 Å². The highest BCUT2D eigenvalue weighted by Crippen LogP contribution is 2.15. The number of hydroxylamine groups is 2. The number of hydrogen-bond donors (Lipinski definition) is 0. The van der Waals surface area contributed by atoms with Crippen LogP contribution < -0.4 is 10.1 Å². The van der Waals surface area contributed by atoms with Crippen molar-refractivity contribution in [2.45, 2.75) is 12.8 Å². The van der Waals surface area contributed by atoms with E-state index in [2.05, 4.69) is 52.3 Å². The highest BCUT2D eigenvalue weighted by molar-refractivity contribution is 6.01. The molecule has 2 heterocycles. The topological polar surface area (TPSA) is 101 Å². The summed E-state index contributed by atoms with van der Waals surface area (Å²) in [4.78, 5) is 38.2. The molecule has 2 aromatic carbocycles. The van der Waals surface area contributed by atoms with Crippen molar-refractivity contribution in [1.82, 2.24) is 5.06 Å². The van der Waals surface area contributed by atoms with Gasteiger partial charge >= 0.3 is 0 Å². The van der Waals surface area contributed by atoms with Crippen molar-refractivity contribution in [2.75, 3.05) is 0 Å². The lowest BCUT2D eigenvalue weighted by Crippen LogP contribution is -2.37. The van der Waals surface area contributed by atoms with Crippen LogP contribution in [0.3, 0.4) is 0 Å². The van der Waals surface area contributed by atoms with Crippen molar-refractivity contribution in [1.29, 1.82) is 0 Å². The molecule has 0 spiro atoms. The van der Waals surface area contributed by atoms with E-state index in [4.69, 9.17) is 0 Å². The van der Waals surface area contributed by atoms with E-state index < -0.39 is 18.0 Å². The smallest absolute Gasteiger partial charge is 0.273 e. The van der Waals surface area contributed by atoms with Crippen LogP contribution in [0.2, 0.25) is 0 Å². The van der Waals surface area contributed by atoms with Crippen LogP contribution in [0, 0.1) is 0 Å². The number of aromatic nitrogens is 1. The van der Waals surface area contributed by atoms with Gasteiger partial charge in [0.15, 0.2) is 0 Å². The molecule has 1 aliphatic heterocycles. The first-order chi connectivity index (χ1) is 12.0. The minimum Gasteiger partial charge on any atom is -0.430 e. The quantitative estimate of drug-likeness (QED) is 0.490. The summed E-state index contributed by atoms with van der Waals surface area (Å²) in [6, 6.07) is 18.9. The number of nitrogens with zero attached hydrogens (tertiary/aromatic N) is 1. The molecular formula is C18H14N2O5. The van der Waals surface area contributed by atoms with Crippen LogP contribution in [0.15, 0.2) is 54.6 Å². The fourth-order valence-electron chi connectivity index (χ4n) is 2.52. The van der Waals surface area contributed by atoms with Crippen LogP contribution in [0.1, 0.15) is 12.8 Å². The number of rotatable bonds is 1. The summed E-state index contributed by atoms with van der Waals surface area (Å²) in [6.07, 6.45) is -1.92. The maximum absolute atomic E-state index is 10.6. The van der Waals surface area contributed by atoms with Crippen molar-refractivity contribution in [3.05, 3.63) is 54.6 Å². The number of aromatic amines is 1. The monoisotopic (exact) mass is 338 g/mol. The second-order valence-corrected chi connectivity index (χ2v) is 5.37. The number of imide groups is 1. The zero-order valence-corrected chi connectivity index (χ0v) is 13.1. The van der Waals surface area contributed by atoms with Crippen LogP contribution in [-0.2, 0) is 14.4 Å². The van der Waals surface area contributed by atoms with Crippen LogP contribution in [0.25, 0.3) is 21.8 Å². The molecule has 0 atom stereocenters. The zero-order valence-electron chi connectivity index (χ0n) is 13.1. The van der Waals surface area contributed by atoms with E-state index >= 15 is 0 Å². The van der Waals surface area contributed by atoms with E-state index in [0.29, 0.717) is 0 Å². The number of H-pyrrole nitrogens is 1. The molecule has 25 heavy (non-hydrogen) atoms. The third-order valence-corrected chi connectivity index (χ3v) is 3.67. The molecule has 3 aromatic rings. The average Bonchev–Trinajstić information content (AvgIpc) is 2.92. The summed E-state index contributed by atoms with van der Waals surface area (Å²) in [5, 5.41) is 12.5. The normalized spacial score (nSPS) is 13.7. The number of pyridine rings is 1. The van der Waals surface area contributed by atoms with Gasteiger partial charge in [-0.1, -0.05) is 24.3 Å². The van der Waals surface area contributed by atoms with Gasteiger partial charge in [-0.3, -0.25) is 9.59 Å². The minimum atomic E-state index is -1.91. The van der Waals surface area contributed by atoms with Gasteiger partial charge in [-0.05, 0) is 18.2 Å². The lowest BCUT2D eigenvalue weighted by Gasteiger charge is -2.17. The summed E-state index contributed by atoms with van der Waals surface area (Å²) in [6.45, 7) is 0. The minimum absolute atomic E-state index is 0.00782. The predicted molar refractivity (Wildman–Crippen MR) is 85.6 cm³/mol. The number of benzene rings is 2. The molecular weight excluding hydrogens is 324 g/mol. The molecule has 126 valence electrons. The fourth-order valence-corrected chi connectivity index (χ4v) is 2.52. The molecule has 1 N–H and O–H groups in total. The average molecular weight is 338 g/mol. The molecule has 2 amide bonds. The number of carbonyl (C=O) groups is 3. The van der Waals surface area contributed by atoms with Gasteiger partial charge in [0.05, 0.1) is 0 Å². The van der Waals surface area contributed by atoms with E-state index in [9.17, 15) is 19.5 Å². The van der Waals surface area contributed by atoms with Crippen molar-refractivity contribution >= 4 is 39.8 Å². The molecule has 0 saturated carbocycles. The highest BCUT2D eigenvalue weighted by Gasteiger charge is 2.28. The van der Waals surface area contributed by atoms with Crippen molar-refractivity contribution in [3.63, 3.8) is 0 Å². The molecule has 7 heteroatoms. The molecule has 0 unspecified atom stereocenters. The maximum atomic E-state index is 10.6. The van der Waals surface area contributed by atoms with Gasteiger partial charge < -0.3 is 14.7 Å². The Bertz CT molecular complexity index is 849.